The number of rotatable bonds is 4. The largest absolute Gasteiger partial charge is 0.493 e. The zero-order valence-corrected chi connectivity index (χ0v) is 16.8. The van der Waals surface area contributed by atoms with E-state index in [9.17, 15) is 4.79 Å². The van der Waals surface area contributed by atoms with Crippen LogP contribution in [-0.4, -0.2) is 41.0 Å². The number of amides is 2. The van der Waals surface area contributed by atoms with Crippen LogP contribution in [0.3, 0.4) is 0 Å². The first-order chi connectivity index (χ1) is 13.6. The highest BCUT2D eigenvalue weighted by Crippen LogP contribution is 2.40. The van der Waals surface area contributed by atoms with Gasteiger partial charge in [-0.05, 0) is 45.1 Å². The van der Waals surface area contributed by atoms with Gasteiger partial charge in [0, 0.05) is 18.2 Å². The van der Waals surface area contributed by atoms with Crippen molar-refractivity contribution in [2.45, 2.75) is 45.7 Å². The molecule has 1 fully saturated rings. The van der Waals surface area contributed by atoms with Crippen molar-refractivity contribution < 1.29 is 14.3 Å². The average molecular weight is 384 g/mol. The second-order valence-corrected chi connectivity index (χ2v) is 7.70. The summed E-state index contributed by atoms with van der Waals surface area (Å²) >= 11 is 0. The lowest BCUT2D eigenvalue weighted by molar-refractivity contribution is 0.191. The Labute approximate surface area is 165 Å². The first-order valence-corrected chi connectivity index (χ1v) is 9.97. The highest BCUT2D eigenvalue weighted by molar-refractivity contribution is 5.88. The molecule has 1 aliphatic carbocycles. The van der Waals surface area contributed by atoms with E-state index in [1.807, 2.05) is 40.8 Å². The number of methoxy groups -OCH3 is 1. The molecule has 2 amide bonds. The summed E-state index contributed by atoms with van der Waals surface area (Å²) < 4.78 is 13.3. The number of ether oxygens (including phenoxy) is 2. The summed E-state index contributed by atoms with van der Waals surface area (Å²) in [7, 11) is 1.63. The van der Waals surface area contributed by atoms with Crippen molar-refractivity contribution in [2.75, 3.05) is 25.6 Å². The fraction of sp³-hybridized carbons (Fsp3) is 0.524. The Bertz CT molecular complexity index is 859. The number of aryl methyl sites for hydroxylation is 1. The molecule has 7 nitrogen and oxygen atoms in total. The summed E-state index contributed by atoms with van der Waals surface area (Å²) in [5.74, 6) is 2.86. The van der Waals surface area contributed by atoms with Crippen molar-refractivity contribution in [2.24, 2.45) is 5.92 Å². The minimum atomic E-state index is -0.111. The smallest absolute Gasteiger partial charge is 0.323 e. The summed E-state index contributed by atoms with van der Waals surface area (Å²) in [6.07, 6.45) is 3.23. The number of para-hydroxylation sites is 1. The van der Waals surface area contributed by atoms with E-state index in [0.717, 1.165) is 29.2 Å². The van der Waals surface area contributed by atoms with Crippen LogP contribution >= 0.6 is 0 Å². The highest BCUT2D eigenvalue weighted by Gasteiger charge is 2.31. The zero-order chi connectivity index (χ0) is 19.7. The molecule has 0 radical (unpaired) electrons. The topological polar surface area (TPSA) is 68.6 Å². The molecule has 4 rings (SSSR count). The molecule has 0 spiro atoms. The number of fused-ring (bicyclic) bond motifs is 1. The van der Waals surface area contributed by atoms with Gasteiger partial charge in [-0.15, -0.1) is 0 Å². The summed E-state index contributed by atoms with van der Waals surface area (Å²) in [5, 5.41) is 7.70. The molecule has 1 aromatic heterocycles. The number of nitrogens with one attached hydrogen (secondary N) is 1. The van der Waals surface area contributed by atoms with Gasteiger partial charge in [-0.2, -0.15) is 5.10 Å². The van der Waals surface area contributed by atoms with E-state index >= 15 is 0 Å². The van der Waals surface area contributed by atoms with Crippen LogP contribution in [0.15, 0.2) is 24.3 Å². The van der Waals surface area contributed by atoms with Crippen LogP contribution in [0, 0.1) is 12.8 Å². The van der Waals surface area contributed by atoms with Gasteiger partial charge in [0.1, 0.15) is 5.82 Å². The fourth-order valence-corrected chi connectivity index (χ4v) is 3.79. The molecule has 0 saturated heterocycles. The highest BCUT2D eigenvalue weighted by atomic mass is 16.5. The van der Waals surface area contributed by atoms with E-state index in [4.69, 9.17) is 9.47 Å². The molecule has 1 saturated carbocycles. The number of hydrogen-bond donors (Lipinski definition) is 1. The molecular weight excluding hydrogens is 356 g/mol. The Balaban J connectivity index is 1.53. The van der Waals surface area contributed by atoms with Crippen LogP contribution in [0.2, 0.25) is 0 Å². The van der Waals surface area contributed by atoms with Crippen molar-refractivity contribution >= 4 is 11.8 Å². The Morgan fingerprint density at radius 3 is 2.96 bits per heavy atom. The third-order valence-electron chi connectivity index (χ3n) is 5.53. The molecule has 7 heteroatoms. The molecule has 150 valence electrons. The van der Waals surface area contributed by atoms with Crippen molar-refractivity contribution in [1.82, 2.24) is 14.7 Å². The average Bonchev–Trinajstić information content (AvgIpc) is 3.44. The van der Waals surface area contributed by atoms with Gasteiger partial charge in [0.05, 0.1) is 32.0 Å². The molecule has 1 aromatic carbocycles. The van der Waals surface area contributed by atoms with Crippen LogP contribution < -0.4 is 14.8 Å². The van der Waals surface area contributed by atoms with E-state index < -0.39 is 0 Å². The Morgan fingerprint density at radius 1 is 1.39 bits per heavy atom. The van der Waals surface area contributed by atoms with Crippen LogP contribution in [0.1, 0.15) is 43.5 Å². The van der Waals surface area contributed by atoms with Gasteiger partial charge < -0.3 is 14.4 Å². The quantitative estimate of drug-likeness (QED) is 0.865. The Morgan fingerprint density at radius 2 is 2.21 bits per heavy atom. The lowest BCUT2D eigenvalue weighted by Gasteiger charge is -2.27. The number of nitrogens with zero attached hydrogens (tertiary/aromatic N) is 3. The van der Waals surface area contributed by atoms with Gasteiger partial charge in [0.25, 0.3) is 0 Å². The van der Waals surface area contributed by atoms with Crippen molar-refractivity contribution in [3.63, 3.8) is 0 Å². The second kappa shape index (κ2) is 7.73. The lowest BCUT2D eigenvalue weighted by Crippen LogP contribution is -2.37. The normalized spacial score (nSPS) is 17.8. The first kappa shape index (κ1) is 18.7. The molecular formula is C21H28N4O3. The first-order valence-electron chi connectivity index (χ1n) is 9.97. The van der Waals surface area contributed by atoms with Gasteiger partial charge in [-0.25, -0.2) is 9.48 Å². The maximum absolute atomic E-state index is 13.1. The number of carbonyl (C=O) groups excluding carboxylic acids is 1. The van der Waals surface area contributed by atoms with E-state index in [2.05, 4.69) is 17.3 Å². The lowest BCUT2D eigenvalue weighted by atomic mass is 10.1. The number of benzene rings is 1. The summed E-state index contributed by atoms with van der Waals surface area (Å²) in [4.78, 5) is 14.9. The van der Waals surface area contributed by atoms with Crippen molar-refractivity contribution in [1.29, 1.82) is 0 Å². The summed E-state index contributed by atoms with van der Waals surface area (Å²) in [5.41, 5.74) is 1.86. The molecule has 2 aliphatic rings. The van der Waals surface area contributed by atoms with Gasteiger partial charge >= 0.3 is 6.03 Å². The van der Waals surface area contributed by atoms with Gasteiger partial charge in [-0.3, -0.25) is 5.32 Å². The minimum Gasteiger partial charge on any atom is -0.493 e. The number of carbonyl (C=O) groups is 1. The maximum atomic E-state index is 13.1. The third-order valence-corrected chi connectivity index (χ3v) is 5.53. The van der Waals surface area contributed by atoms with Crippen LogP contribution in [0.5, 0.6) is 11.5 Å². The van der Waals surface area contributed by atoms with Gasteiger partial charge in [0.2, 0.25) is 0 Å². The monoisotopic (exact) mass is 384 g/mol. The number of urea groups is 1. The number of anilines is 1. The minimum absolute atomic E-state index is 0.111. The number of aromatic nitrogens is 2. The Kier molecular flexibility index (Phi) is 5.15. The predicted molar refractivity (Wildman–Crippen MR) is 107 cm³/mol. The summed E-state index contributed by atoms with van der Waals surface area (Å²) in [6, 6.07) is 7.92. The molecule has 2 aromatic rings. The molecule has 1 aliphatic heterocycles. The molecule has 1 N–H and O–H groups in total. The molecule has 0 unspecified atom stereocenters. The molecule has 1 atom stereocenters. The molecule has 0 bridgehead atoms. The van der Waals surface area contributed by atoms with Crippen molar-refractivity contribution in [3.8, 4) is 11.5 Å². The fourth-order valence-electron chi connectivity index (χ4n) is 3.79. The van der Waals surface area contributed by atoms with Crippen molar-refractivity contribution in [3.05, 3.63) is 35.5 Å². The van der Waals surface area contributed by atoms with E-state index in [1.54, 1.807) is 7.11 Å². The van der Waals surface area contributed by atoms with Crippen LogP contribution in [-0.2, 0) is 6.54 Å². The standard InChI is InChI=1S/C21H28N4O3/c1-14-12-19(25(23-14)15(2)16-8-9-16)22-21(26)24-10-5-11-28-20-17(13-24)6-4-7-18(20)27-3/h4,6-7,12,15-16H,5,8-11,13H2,1-3H3,(H,22,26)/t15-/m0/s1. The van der Waals surface area contributed by atoms with Gasteiger partial charge in [0.15, 0.2) is 11.5 Å². The van der Waals surface area contributed by atoms with Gasteiger partial charge in [-0.1, -0.05) is 12.1 Å². The SMILES string of the molecule is COc1cccc2c1OCCCN(C(=O)Nc1cc(C)nn1[C@@H](C)C1CC1)C2. The predicted octanol–water partition coefficient (Wildman–Crippen LogP) is 3.99. The zero-order valence-electron chi connectivity index (χ0n) is 16.8. The van der Waals surface area contributed by atoms with E-state index in [-0.39, 0.29) is 6.03 Å². The Hall–Kier alpha value is -2.70. The second-order valence-electron chi connectivity index (χ2n) is 7.70. The van der Waals surface area contributed by atoms with E-state index in [0.29, 0.717) is 37.4 Å². The summed E-state index contributed by atoms with van der Waals surface area (Å²) in [6.45, 7) is 5.79. The molecule has 2 heterocycles. The maximum Gasteiger partial charge on any atom is 0.323 e. The third kappa shape index (κ3) is 3.79. The van der Waals surface area contributed by atoms with Crippen LogP contribution in [0.25, 0.3) is 0 Å². The van der Waals surface area contributed by atoms with E-state index in [1.165, 1.54) is 12.8 Å². The van der Waals surface area contributed by atoms with Crippen LogP contribution in [0.4, 0.5) is 10.6 Å². The number of hydrogen-bond acceptors (Lipinski definition) is 4. The molecule has 28 heavy (non-hydrogen) atoms.